The molecule has 0 unspecified atom stereocenters. The first-order valence-corrected chi connectivity index (χ1v) is 12.5. The van der Waals surface area contributed by atoms with E-state index in [2.05, 4.69) is 9.97 Å². The molecular weight excluding hydrogens is 495 g/mol. The van der Waals surface area contributed by atoms with Crippen LogP contribution in [0.25, 0.3) is 33.8 Å². The zero-order valence-corrected chi connectivity index (χ0v) is 20.3. The molecule has 0 radical (unpaired) electrons. The van der Waals surface area contributed by atoms with Crippen LogP contribution < -0.4 is 5.56 Å². The second-order valence-electron chi connectivity index (χ2n) is 7.94. The molecule has 0 bridgehead atoms. The maximum atomic E-state index is 13.6. The summed E-state index contributed by atoms with van der Waals surface area (Å²) >= 11 is 0. The first kappa shape index (κ1) is 25.1. The quantitative estimate of drug-likeness (QED) is 0.395. The second kappa shape index (κ2) is 8.91. The van der Waals surface area contributed by atoms with Crippen molar-refractivity contribution in [2.24, 2.45) is 7.05 Å². The number of hydrogen-bond acceptors (Lipinski definition) is 6. The number of pyridine rings is 2. The first-order chi connectivity index (χ1) is 16.9. The summed E-state index contributed by atoms with van der Waals surface area (Å²) < 4.78 is 68.5. The SMILES string of the molecule is CCn1c(C(F)(F)F)cc2nc(-c3nc(-c4ccc(C#N)cc4)ccc3S(=O)(=O)CC)n(C)c2c1=O. The monoisotopic (exact) mass is 515 g/mol. The maximum absolute atomic E-state index is 13.6. The molecule has 0 saturated heterocycles. The molecule has 8 nitrogen and oxygen atoms in total. The molecule has 0 atom stereocenters. The zero-order valence-electron chi connectivity index (χ0n) is 19.5. The van der Waals surface area contributed by atoms with Crippen LogP contribution in [-0.4, -0.2) is 33.3 Å². The smallest absolute Gasteiger partial charge is 0.321 e. The number of aryl methyl sites for hydroxylation is 1. The molecule has 0 N–H and O–H groups in total. The van der Waals surface area contributed by atoms with Gasteiger partial charge in [-0.05, 0) is 37.3 Å². The Morgan fingerprint density at radius 2 is 1.72 bits per heavy atom. The van der Waals surface area contributed by atoms with Crippen molar-refractivity contribution in [3.05, 3.63) is 64.1 Å². The molecule has 3 aromatic heterocycles. The van der Waals surface area contributed by atoms with Crippen molar-refractivity contribution >= 4 is 20.9 Å². The highest BCUT2D eigenvalue weighted by Crippen LogP contribution is 2.33. The van der Waals surface area contributed by atoms with Crippen LogP contribution in [0, 0.1) is 11.3 Å². The fourth-order valence-corrected chi connectivity index (χ4v) is 4.99. The van der Waals surface area contributed by atoms with Crippen LogP contribution in [0.2, 0.25) is 0 Å². The van der Waals surface area contributed by atoms with Gasteiger partial charge in [0.25, 0.3) is 5.56 Å². The zero-order chi connectivity index (χ0) is 26.4. The maximum Gasteiger partial charge on any atom is 0.431 e. The topological polar surface area (TPSA) is 111 Å². The number of sulfone groups is 1. The molecule has 0 spiro atoms. The molecule has 0 aliphatic rings. The minimum absolute atomic E-state index is 0.0633. The van der Waals surface area contributed by atoms with E-state index in [1.807, 2.05) is 6.07 Å². The van der Waals surface area contributed by atoms with E-state index in [1.165, 1.54) is 37.6 Å². The lowest BCUT2D eigenvalue weighted by molar-refractivity contribution is -0.144. The molecule has 0 saturated carbocycles. The number of nitrogens with zero attached hydrogens (tertiary/aromatic N) is 5. The van der Waals surface area contributed by atoms with E-state index in [0.29, 0.717) is 21.4 Å². The van der Waals surface area contributed by atoms with Gasteiger partial charge in [0.1, 0.15) is 16.9 Å². The van der Waals surface area contributed by atoms with E-state index in [9.17, 15) is 26.4 Å². The normalized spacial score (nSPS) is 12.1. The van der Waals surface area contributed by atoms with E-state index in [0.717, 1.165) is 6.07 Å². The molecule has 4 rings (SSSR count). The van der Waals surface area contributed by atoms with Crippen LogP contribution in [0.4, 0.5) is 13.2 Å². The van der Waals surface area contributed by atoms with Crippen molar-refractivity contribution in [2.45, 2.75) is 31.5 Å². The number of halogens is 3. The summed E-state index contributed by atoms with van der Waals surface area (Å²) in [6.07, 6.45) is -4.79. The highest BCUT2D eigenvalue weighted by atomic mass is 32.2. The van der Waals surface area contributed by atoms with Crippen molar-refractivity contribution in [1.82, 2.24) is 19.1 Å². The van der Waals surface area contributed by atoms with E-state index in [-0.39, 0.29) is 39.7 Å². The predicted molar refractivity (Wildman–Crippen MR) is 127 cm³/mol. The molecule has 0 aliphatic carbocycles. The van der Waals surface area contributed by atoms with Crippen molar-refractivity contribution in [3.63, 3.8) is 0 Å². The minimum atomic E-state index is -4.79. The molecule has 0 aliphatic heterocycles. The van der Waals surface area contributed by atoms with Gasteiger partial charge >= 0.3 is 6.18 Å². The second-order valence-corrected chi connectivity index (χ2v) is 10.2. The largest absolute Gasteiger partial charge is 0.431 e. The number of nitriles is 1. The average molecular weight is 516 g/mol. The predicted octanol–water partition coefficient (Wildman–Crippen LogP) is 4.17. The van der Waals surface area contributed by atoms with Gasteiger partial charge in [-0.15, -0.1) is 0 Å². The number of rotatable bonds is 5. The molecule has 12 heteroatoms. The lowest BCUT2D eigenvalue weighted by Crippen LogP contribution is -2.28. The van der Waals surface area contributed by atoms with Gasteiger partial charge in [-0.25, -0.2) is 18.4 Å². The van der Waals surface area contributed by atoms with Crippen molar-refractivity contribution in [3.8, 4) is 28.8 Å². The fraction of sp³-hybridized carbons (Fsp3) is 0.250. The van der Waals surface area contributed by atoms with E-state index in [4.69, 9.17) is 5.26 Å². The van der Waals surface area contributed by atoms with E-state index >= 15 is 0 Å². The summed E-state index contributed by atoms with van der Waals surface area (Å²) in [5.41, 5.74) is -1.09. The number of imidazole rings is 1. The van der Waals surface area contributed by atoms with Crippen LogP contribution in [0.1, 0.15) is 25.1 Å². The van der Waals surface area contributed by atoms with Gasteiger partial charge in [0.15, 0.2) is 15.7 Å². The molecule has 0 amide bonds. The highest BCUT2D eigenvalue weighted by molar-refractivity contribution is 7.91. The third-order valence-corrected chi connectivity index (χ3v) is 7.60. The molecule has 3 heterocycles. The Labute approximate surface area is 204 Å². The number of hydrogen-bond donors (Lipinski definition) is 0. The van der Waals surface area contributed by atoms with Crippen LogP contribution in [0.3, 0.4) is 0 Å². The molecule has 0 fully saturated rings. The summed E-state index contributed by atoms with van der Waals surface area (Å²) in [7, 11) is -2.39. The van der Waals surface area contributed by atoms with Gasteiger partial charge < -0.3 is 9.13 Å². The number of fused-ring (bicyclic) bond motifs is 1. The van der Waals surface area contributed by atoms with Gasteiger partial charge in [-0.3, -0.25) is 4.79 Å². The van der Waals surface area contributed by atoms with Gasteiger partial charge in [0.05, 0.1) is 33.5 Å². The van der Waals surface area contributed by atoms with Crippen LogP contribution in [0.15, 0.2) is 52.2 Å². The van der Waals surface area contributed by atoms with Crippen molar-refractivity contribution in [2.75, 3.05) is 5.75 Å². The third-order valence-electron chi connectivity index (χ3n) is 5.84. The van der Waals surface area contributed by atoms with Gasteiger partial charge in [0, 0.05) is 19.2 Å². The molecule has 186 valence electrons. The number of alkyl halides is 3. The molecular formula is C24H20F3N5O3S. The molecule has 36 heavy (non-hydrogen) atoms. The lowest BCUT2D eigenvalue weighted by Gasteiger charge is -2.14. The third kappa shape index (κ3) is 4.15. The van der Waals surface area contributed by atoms with Crippen molar-refractivity contribution < 1.29 is 21.6 Å². The van der Waals surface area contributed by atoms with Crippen LogP contribution >= 0.6 is 0 Å². The van der Waals surface area contributed by atoms with Crippen LogP contribution in [0.5, 0.6) is 0 Å². The van der Waals surface area contributed by atoms with Crippen molar-refractivity contribution in [1.29, 1.82) is 5.26 Å². The Bertz CT molecular complexity index is 1700. The van der Waals surface area contributed by atoms with Gasteiger partial charge in [-0.1, -0.05) is 19.1 Å². The summed E-state index contributed by atoms with van der Waals surface area (Å²) in [6.45, 7) is 2.67. The number of aromatic nitrogens is 4. The summed E-state index contributed by atoms with van der Waals surface area (Å²) in [6, 6.07) is 12.1. The van der Waals surface area contributed by atoms with E-state index in [1.54, 1.807) is 24.3 Å². The van der Waals surface area contributed by atoms with Crippen LogP contribution in [-0.2, 0) is 29.6 Å². The Morgan fingerprint density at radius 1 is 1.06 bits per heavy atom. The highest BCUT2D eigenvalue weighted by Gasteiger charge is 2.36. The first-order valence-electron chi connectivity index (χ1n) is 10.8. The molecule has 1 aromatic carbocycles. The van der Waals surface area contributed by atoms with Gasteiger partial charge in [-0.2, -0.15) is 18.4 Å². The summed E-state index contributed by atoms with van der Waals surface area (Å²) in [4.78, 5) is 21.6. The Morgan fingerprint density at radius 3 is 2.28 bits per heavy atom. The minimum Gasteiger partial charge on any atom is -0.321 e. The van der Waals surface area contributed by atoms with E-state index < -0.39 is 27.3 Å². The number of benzene rings is 1. The lowest BCUT2D eigenvalue weighted by atomic mass is 10.1. The fourth-order valence-electron chi connectivity index (χ4n) is 3.97. The summed E-state index contributed by atoms with van der Waals surface area (Å²) in [5.74, 6) is -0.311. The molecule has 4 aromatic rings. The Kier molecular flexibility index (Phi) is 6.22. The Hall–Kier alpha value is -3.98. The summed E-state index contributed by atoms with van der Waals surface area (Å²) in [5, 5.41) is 9.03. The standard InChI is InChI=1S/C24H20F3N5O3S/c1-4-32-19(24(25,26)27)12-17-21(23(32)33)31(3)22(30-17)20-18(36(34,35)5-2)11-10-16(29-20)15-8-6-14(13-28)7-9-15/h6-12H,4-5H2,1-3H3. The average Bonchev–Trinajstić information content (AvgIpc) is 3.19. The Balaban J connectivity index is 2.05. The van der Waals surface area contributed by atoms with Gasteiger partial charge in [0.2, 0.25) is 0 Å².